The van der Waals surface area contributed by atoms with Gasteiger partial charge in [-0.15, -0.1) is 11.6 Å². The Morgan fingerprint density at radius 1 is 1.00 bits per heavy atom. The quantitative estimate of drug-likeness (QED) is 0.179. The van der Waals surface area contributed by atoms with Crippen LogP contribution in [0.3, 0.4) is 0 Å². The summed E-state index contributed by atoms with van der Waals surface area (Å²) in [6.45, 7) is 10.4. The molecule has 0 spiro atoms. The zero-order chi connectivity index (χ0) is 26.7. The van der Waals surface area contributed by atoms with Crippen LogP contribution >= 0.6 is 11.6 Å². The summed E-state index contributed by atoms with van der Waals surface area (Å²) in [5, 5.41) is 0. The van der Waals surface area contributed by atoms with Gasteiger partial charge in [-0.05, 0) is 110 Å². The molecule has 202 valence electrons. The molecule has 1 heterocycles. The molecule has 36 heavy (non-hydrogen) atoms. The molecular formula is C28H41ClO7. The van der Waals surface area contributed by atoms with Crippen LogP contribution in [0.15, 0.2) is 0 Å². The van der Waals surface area contributed by atoms with E-state index in [9.17, 15) is 19.2 Å². The number of carbonyl (C=O) groups excluding carboxylic acids is 4. The molecule has 5 rings (SSSR count). The number of cyclic esters (lactones) is 2. The van der Waals surface area contributed by atoms with Crippen LogP contribution in [-0.2, 0) is 33.4 Å². The third-order valence-electron chi connectivity index (χ3n) is 8.90. The Morgan fingerprint density at radius 2 is 1.53 bits per heavy atom. The van der Waals surface area contributed by atoms with Crippen molar-refractivity contribution in [1.29, 1.82) is 0 Å². The Bertz CT molecular complexity index is 917. The van der Waals surface area contributed by atoms with Crippen molar-refractivity contribution < 1.29 is 33.4 Å². The Kier molecular flexibility index (Phi) is 6.84. The average Bonchev–Trinajstić information content (AvgIpc) is 2.95. The van der Waals surface area contributed by atoms with E-state index >= 15 is 0 Å². The predicted molar refractivity (Wildman–Crippen MR) is 133 cm³/mol. The molecule has 0 amide bonds. The largest absolute Gasteiger partial charge is 0.459 e. The summed E-state index contributed by atoms with van der Waals surface area (Å²) >= 11 is 7.06. The molecule has 0 aromatic rings. The second-order valence-electron chi connectivity index (χ2n) is 13.7. The summed E-state index contributed by atoms with van der Waals surface area (Å²) in [6.07, 6.45) is 6.41. The van der Waals surface area contributed by atoms with Crippen molar-refractivity contribution in [2.24, 2.45) is 28.6 Å². The van der Waals surface area contributed by atoms with Gasteiger partial charge in [-0.2, -0.15) is 0 Å². The molecule has 0 aromatic carbocycles. The minimum atomic E-state index is -1.73. The first-order valence-electron chi connectivity index (χ1n) is 13.4. The van der Waals surface area contributed by atoms with Crippen molar-refractivity contribution in [3.8, 4) is 0 Å². The molecule has 5 fully saturated rings. The number of ether oxygens (including phenoxy) is 3. The first kappa shape index (κ1) is 27.4. The standard InChI is InChI=1S/C28H41ClO7/c1-7-25(5,22(32)36-27-11-17-8-18(12-27)10-19(9-17)13-27)15-28(29,23(33)35-24(2,3)4)16-26(6)14-20(30)34-21(26)31/h17-19H,7-16H2,1-6H3. The summed E-state index contributed by atoms with van der Waals surface area (Å²) in [4.78, 5) is 50.0. The SMILES string of the molecule is CCC(C)(CC(Cl)(CC1(C)CC(=O)OC1=O)C(=O)OC(C)(C)C)C(=O)OC12CC3CC(CC(C3)C1)C2. The molecule has 1 aliphatic heterocycles. The van der Waals surface area contributed by atoms with Crippen molar-refractivity contribution in [2.75, 3.05) is 0 Å². The maximum absolute atomic E-state index is 13.8. The van der Waals surface area contributed by atoms with Crippen LogP contribution in [0.4, 0.5) is 0 Å². The summed E-state index contributed by atoms with van der Waals surface area (Å²) < 4.78 is 16.8. The molecule has 4 saturated carbocycles. The predicted octanol–water partition coefficient (Wildman–Crippen LogP) is 5.49. The minimum Gasteiger partial charge on any atom is -0.459 e. The van der Waals surface area contributed by atoms with Gasteiger partial charge in [0.2, 0.25) is 0 Å². The smallest absolute Gasteiger partial charge is 0.327 e. The van der Waals surface area contributed by atoms with Gasteiger partial charge >= 0.3 is 23.9 Å². The highest BCUT2D eigenvalue weighted by atomic mass is 35.5. The van der Waals surface area contributed by atoms with E-state index in [1.54, 1.807) is 34.6 Å². The Balaban J connectivity index is 1.59. The number of halogens is 1. The van der Waals surface area contributed by atoms with Crippen LogP contribution in [0, 0.1) is 28.6 Å². The van der Waals surface area contributed by atoms with E-state index in [1.165, 1.54) is 19.3 Å². The van der Waals surface area contributed by atoms with E-state index < -0.39 is 44.8 Å². The zero-order valence-corrected chi connectivity index (χ0v) is 23.3. The van der Waals surface area contributed by atoms with Gasteiger partial charge < -0.3 is 14.2 Å². The van der Waals surface area contributed by atoms with Gasteiger partial charge in [0.1, 0.15) is 16.1 Å². The van der Waals surface area contributed by atoms with Crippen molar-refractivity contribution >= 4 is 35.5 Å². The van der Waals surface area contributed by atoms with E-state index in [0.29, 0.717) is 24.2 Å². The van der Waals surface area contributed by atoms with Crippen LogP contribution in [0.1, 0.15) is 106 Å². The topological polar surface area (TPSA) is 96.0 Å². The fourth-order valence-electron chi connectivity index (χ4n) is 7.42. The van der Waals surface area contributed by atoms with Gasteiger partial charge in [-0.3, -0.25) is 19.2 Å². The molecule has 4 bridgehead atoms. The van der Waals surface area contributed by atoms with Crippen LogP contribution in [0.25, 0.3) is 0 Å². The summed E-state index contributed by atoms with van der Waals surface area (Å²) in [5.74, 6) is -0.561. The molecule has 1 saturated heterocycles. The number of alkyl halides is 1. The minimum absolute atomic E-state index is 0.0742. The van der Waals surface area contributed by atoms with E-state index in [4.69, 9.17) is 25.8 Å². The number of carbonyl (C=O) groups is 4. The van der Waals surface area contributed by atoms with Gasteiger partial charge in [0.15, 0.2) is 0 Å². The molecule has 0 N–H and O–H groups in total. The van der Waals surface area contributed by atoms with Gasteiger partial charge in [-0.25, -0.2) is 0 Å². The lowest BCUT2D eigenvalue weighted by Gasteiger charge is -2.56. The molecule has 0 radical (unpaired) electrons. The van der Waals surface area contributed by atoms with Gasteiger partial charge in [0, 0.05) is 0 Å². The third kappa shape index (κ3) is 5.32. The summed E-state index contributed by atoms with van der Waals surface area (Å²) in [7, 11) is 0. The summed E-state index contributed by atoms with van der Waals surface area (Å²) in [6, 6.07) is 0. The third-order valence-corrected chi connectivity index (χ3v) is 9.33. The zero-order valence-electron chi connectivity index (χ0n) is 22.5. The Morgan fingerprint density at radius 3 is 1.94 bits per heavy atom. The lowest BCUT2D eigenvalue weighted by molar-refractivity contribution is -0.198. The fraction of sp³-hybridized carbons (Fsp3) is 0.857. The van der Waals surface area contributed by atoms with Gasteiger partial charge in [-0.1, -0.05) is 6.92 Å². The van der Waals surface area contributed by atoms with Crippen molar-refractivity contribution in [2.45, 2.75) is 122 Å². The van der Waals surface area contributed by atoms with Crippen molar-refractivity contribution in [1.82, 2.24) is 0 Å². The normalized spacial score (nSPS) is 36.7. The molecule has 0 aromatic heterocycles. The van der Waals surface area contributed by atoms with E-state index in [-0.39, 0.29) is 25.2 Å². The number of esters is 4. The molecule has 3 unspecified atom stereocenters. The van der Waals surface area contributed by atoms with E-state index in [1.807, 2.05) is 6.92 Å². The van der Waals surface area contributed by atoms with Crippen molar-refractivity contribution in [3.63, 3.8) is 0 Å². The first-order chi connectivity index (χ1) is 16.5. The van der Waals surface area contributed by atoms with Crippen LogP contribution < -0.4 is 0 Å². The second-order valence-corrected chi connectivity index (χ2v) is 14.4. The first-order valence-corrected chi connectivity index (χ1v) is 13.8. The monoisotopic (exact) mass is 524 g/mol. The average molecular weight is 525 g/mol. The fourth-order valence-corrected chi connectivity index (χ4v) is 8.05. The molecule has 4 aliphatic carbocycles. The van der Waals surface area contributed by atoms with Gasteiger partial charge in [0.25, 0.3) is 0 Å². The molecular weight excluding hydrogens is 484 g/mol. The maximum Gasteiger partial charge on any atom is 0.327 e. The lowest BCUT2D eigenvalue weighted by atomic mass is 9.54. The van der Waals surface area contributed by atoms with Crippen molar-refractivity contribution in [3.05, 3.63) is 0 Å². The second kappa shape index (κ2) is 8.99. The highest BCUT2D eigenvalue weighted by Crippen LogP contribution is 2.58. The van der Waals surface area contributed by atoms with E-state index in [0.717, 1.165) is 19.3 Å². The lowest BCUT2D eigenvalue weighted by Crippen LogP contribution is -2.55. The maximum atomic E-state index is 13.8. The molecule has 7 nitrogen and oxygen atoms in total. The number of hydrogen-bond acceptors (Lipinski definition) is 7. The highest BCUT2D eigenvalue weighted by Gasteiger charge is 2.58. The highest BCUT2D eigenvalue weighted by molar-refractivity contribution is 6.34. The summed E-state index contributed by atoms with van der Waals surface area (Å²) in [5.41, 5.74) is -3.61. The number of hydrogen-bond donors (Lipinski definition) is 0. The molecule has 5 aliphatic rings. The van der Waals surface area contributed by atoms with E-state index in [2.05, 4.69) is 0 Å². The Hall–Kier alpha value is -1.63. The molecule has 8 heteroatoms. The van der Waals surface area contributed by atoms with Crippen LogP contribution in [0.2, 0.25) is 0 Å². The van der Waals surface area contributed by atoms with Crippen LogP contribution in [-0.4, -0.2) is 40.0 Å². The Labute approximate surface area is 219 Å². The number of rotatable bonds is 8. The van der Waals surface area contributed by atoms with Crippen LogP contribution in [0.5, 0.6) is 0 Å². The van der Waals surface area contributed by atoms with Gasteiger partial charge in [0.05, 0.1) is 17.3 Å². The molecule has 3 atom stereocenters.